The highest BCUT2D eigenvalue weighted by atomic mass is 35.5. The normalized spacial score (nSPS) is 14.8. The standard InChI is InChI=1S/C28H29Cl2N5O4S/c1-2-27(35-14-12-34(13-15-35)26(36)17-20-5-10-24(29)25(30)16-20)40(38,39)23-8-6-22(7-9-23)33-28(37)32-19-21-4-3-11-31-18-21/h2-11,16,18,27H,1,12-15,17,19H2,(H2,32,33,37). The van der Waals surface area contributed by atoms with Crippen LogP contribution in [-0.4, -0.2) is 66.7 Å². The molecule has 40 heavy (non-hydrogen) atoms. The number of piperazine rings is 1. The molecule has 1 aliphatic rings. The number of hydrogen-bond donors (Lipinski definition) is 2. The van der Waals surface area contributed by atoms with E-state index in [0.29, 0.717) is 48.5 Å². The molecule has 0 aliphatic carbocycles. The average molecular weight is 603 g/mol. The number of benzene rings is 2. The molecule has 2 heterocycles. The van der Waals surface area contributed by atoms with Crippen LogP contribution < -0.4 is 10.6 Å². The molecule has 1 aliphatic heterocycles. The number of nitrogens with zero attached hydrogens (tertiary/aromatic N) is 3. The minimum absolute atomic E-state index is 0.0661. The third-order valence-corrected chi connectivity index (χ3v) is 9.30. The number of halogens is 2. The first-order chi connectivity index (χ1) is 19.2. The Hall–Kier alpha value is -3.44. The van der Waals surface area contributed by atoms with Crippen LogP contribution in [0.4, 0.5) is 10.5 Å². The van der Waals surface area contributed by atoms with Crippen molar-refractivity contribution >= 4 is 50.7 Å². The zero-order valence-electron chi connectivity index (χ0n) is 21.6. The van der Waals surface area contributed by atoms with Gasteiger partial charge >= 0.3 is 6.03 Å². The first kappa shape index (κ1) is 29.5. The SMILES string of the molecule is C=CC(N1CCN(C(=O)Cc2ccc(Cl)c(Cl)c2)CC1)S(=O)(=O)c1ccc(NC(=O)NCc2cccnc2)cc1. The quantitative estimate of drug-likeness (QED) is 0.352. The van der Waals surface area contributed by atoms with Gasteiger partial charge in [0.2, 0.25) is 5.91 Å². The summed E-state index contributed by atoms with van der Waals surface area (Å²) in [5.74, 6) is -0.0661. The molecule has 3 amide bonds. The van der Waals surface area contributed by atoms with Gasteiger partial charge in [0.15, 0.2) is 9.84 Å². The Bertz CT molecular complexity index is 1460. The van der Waals surface area contributed by atoms with Crippen LogP contribution in [0, 0.1) is 0 Å². The lowest BCUT2D eigenvalue weighted by Crippen LogP contribution is -2.53. The number of sulfone groups is 1. The highest BCUT2D eigenvalue weighted by molar-refractivity contribution is 7.92. The molecule has 9 nitrogen and oxygen atoms in total. The third-order valence-electron chi connectivity index (χ3n) is 6.50. The van der Waals surface area contributed by atoms with Crippen LogP contribution in [0.3, 0.4) is 0 Å². The summed E-state index contributed by atoms with van der Waals surface area (Å²) in [4.78, 5) is 32.6. The molecule has 1 fully saturated rings. The van der Waals surface area contributed by atoms with E-state index in [9.17, 15) is 18.0 Å². The van der Waals surface area contributed by atoms with E-state index in [1.165, 1.54) is 30.3 Å². The molecule has 210 valence electrons. The zero-order valence-corrected chi connectivity index (χ0v) is 23.9. The maximum absolute atomic E-state index is 13.4. The fourth-order valence-corrected chi connectivity index (χ4v) is 6.33. The molecular formula is C28H29Cl2N5O4S. The Morgan fingerprint density at radius 2 is 1.73 bits per heavy atom. The van der Waals surface area contributed by atoms with Crippen molar-refractivity contribution in [3.8, 4) is 0 Å². The van der Waals surface area contributed by atoms with Crippen LogP contribution in [0.1, 0.15) is 11.1 Å². The summed E-state index contributed by atoms with van der Waals surface area (Å²) >= 11 is 12.0. The number of amides is 3. The van der Waals surface area contributed by atoms with Crippen molar-refractivity contribution < 1.29 is 18.0 Å². The van der Waals surface area contributed by atoms with Crippen molar-refractivity contribution in [2.24, 2.45) is 0 Å². The average Bonchev–Trinajstić information content (AvgIpc) is 2.95. The van der Waals surface area contributed by atoms with Gasteiger partial charge in [0.05, 0.1) is 21.4 Å². The van der Waals surface area contributed by atoms with Gasteiger partial charge in [-0.15, -0.1) is 6.58 Å². The number of hydrogen-bond acceptors (Lipinski definition) is 6. The Morgan fingerprint density at radius 3 is 2.35 bits per heavy atom. The van der Waals surface area contributed by atoms with Crippen molar-refractivity contribution in [1.82, 2.24) is 20.1 Å². The molecule has 3 aromatic rings. The molecular weight excluding hydrogens is 573 g/mol. The van der Waals surface area contributed by atoms with Crippen LogP contribution in [0.25, 0.3) is 0 Å². The number of nitrogens with one attached hydrogen (secondary N) is 2. The third kappa shape index (κ3) is 7.39. The summed E-state index contributed by atoms with van der Waals surface area (Å²) in [6, 6.07) is 14.3. The minimum Gasteiger partial charge on any atom is -0.340 e. The lowest BCUT2D eigenvalue weighted by atomic mass is 10.1. The van der Waals surface area contributed by atoms with Crippen LogP contribution >= 0.6 is 23.2 Å². The second-order valence-electron chi connectivity index (χ2n) is 9.21. The van der Waals surface area contributed by atoms with E-state index >= 15 is 0 Å². The number of anilines is 1. The Labute approximate surface area is 243 Å². The van der Waals surface area contributed by atoms with E-state index in [2.05, 4.69) is 22.2 Å². The molecule has 0 spiro atoms. The van der Waals surface area contributed by atoms with Gasteiger partial charge in [-0.25, -0.2) is 13.2 Å². The van der Waals surface area contributed by atoms with Gasteiger partial charge in [0.25, 0.3) is 0 Å². The van der Waals surface area contributed by atoms with E-state index < -0.39 is 21.2 Å². The van der Waals surface area contributed by atoms with Crippen molar-refractivity contribution in [2.45, 2.75) is 23.2 Å². The smallest absolute Gasteiger partial charge is 0.319 e. The van der Waals surface area contributed by atoms with Gasteiger partial charge in [-0.3, -0.25) is 14.7 Å². The number of carbonyl (C=O) groups excluding carboxylic acids is 2. The van der Waals surface area contributed by atoms with E-state index in [1.54, 1.807) is 46.5 Å². The van der Waals surface area contributed by atoms with Crippen LogP contribution in [-0.2, 0) is 27.6 Å². The van der Waals surface area contributed by atoms with Crippen molar-refractivity contribution in [2.75, 3.05) is 31.5 Å². The maximum Gasteiger partial charge on any atom is 0.319 e. The van der Waals surface area contributed by atoms with Gasteiger partial charge in [-0.1, -0.05) is 41.4 Å². The number of carbonyl (C=O) groups is 2. The predicted octanol–water partition coefficient (Wildman–Crippen LogP) is 4.38. The molecule has 1 atom stereocenters. The number of pyridine rings is 1. The van der Waals surface area contributed by atoms with Crippen LogP contribution in [0.5, 0.6) is 0 Å². The van der Waals surface area contributed by atoms with E-state index in [4.69, 9.17) is 23.2 Å². The predicted molar refractivity (Wildman–Crippen MR) is 156 cm³/mol. The number of aromatic nitrogens is 1. The van der Waals surface area contributed by atoms with Gasteiger partial charge in [0.1, 0.15) is 5.37 Å². The first-order valence-electron chi connectivity index (χ1n) is 12.5. The summed E-state index contributed by atoms with van der Waals surface area (Å²) in [5.41, 5.74) is 2.07. The molecule has 4 rings (SSSR count). The van der Waals surface area contributed by atoms with E-state index in [0.717, 1.165) is 11.1 Å². The Balaban J connectivity index is 1.32. The van der Waals surface area contributed by atoms with Gasteiger partial charge in [-0.2, -0.15) is 0 Å². The maximum atomic E-state index is 13.4. The Morgan fingerprint density at radius 1 is 1.00 bits per heavy atom. The second-order valence-corrected chi connectivity index (χ2v) is 12.1. The highest BCUT2D eigenvalue weighted by Crippen LogP contribution is 2.25. The van der Waals surface area contributed by atoms with Crippen molar-refractivity contribution in [3.63, 3.8) is 0 Å². The molecule has 0 radical (unpaired) electrons. The second kappa shape index (κ2) is 13.3. The lowest BCUT2D eigenvalue weighted by molar-refractivity contribution is -0.132. The largest absolute Gasteiger partial charge is 0.340 e. The fraction of sp³-hybridized carbons (Fsp3) is 0.250. The summed E-state index contributed by atoms with van der Waals surface area (Å²) in [6.45, 7) is 5.59. The molecule has 1 aromatic heterocycles. The van der Waals surface area contributed by atoms with Gasteiger partial charge < -0.3 is 15.5 Å². The topological polar surface area (TPSA) is 112 Å². The van der Waals surface area contributed by atoms with Gasteiger partial charge in [0, 0.05) is 50.8 Å². The number of urea groups is 1. The summed E-state index contributed by atoms with van der Waals surface area (Å²) < 4.78 is 26.9. The van der Waals surface area contributed by atoms with Crippen LogP contribution in [0.15, 0.2) is 84.5 Å². The first-order valence-corrected chi connectivity index (χ1v) is 14.8. The fourth-order valence-electron chi connectivity index (χ4n) is 4.36. The molecule has 2 aromatic carbocycles. The molecule has 12 heteroatoms. The molecule has 0 saturated carbocycles. The highest BCUT2D eigenvalue weighted by Gasteiger charge is 2.33. The molecule has 2 N–H and O–H groups in total. The van der Waals surface area contributed by atoms with Gasteiger partial charge in [-0.05, 0) is 53.6 Å². The van der Waals surface area contributed by atoms with Crippen molar-refractivity contribution in [1.29, 1.82) is 0 Å². The minimum atomic E-state index is -3.80. The molecule has 1 unspecified atom stereocenters. The summed E-state index contributed by atoms with van der Waals surface area (Å²) in [6.07, 6.45) is 4.90. The Kier molecular flexibility index (Phi) is 9.80. The summed E-state index contributed by atoms with van der Waals surface area (Å²) in [5, 5.41) is 5.28. The summed E-state index contributed by atoms with van der Waals surface area (Å²) in [7, 11) is -3.80. The lowest BCUT2D eigenvalue weighted by Gasteiger charge is -2.38. The number of rotatable bonds is 9. The zero-order chi connectivity index (χ0) is 28.7. The monoisotopic (exact) mass is 601 g/mol. The molecule has 1 saturated heterocycles. The van der Waals surface area contributed by atoms with E-state index in [1.807, 2.05) is 6.07 Å². The van der Waals surface area contributed by atoms with E-state index in [-0.39, 0.29) is 17.2 Å². The van der Waals surface area contributed by atoms with Crippen molar-refractivity contribution in [3.05, 3.63) is 101 Å². The van der Waals surface area contributed by atoms with Crippen LogP contribution in [0.2, 0.25) is 10.0 Å². The molecule has 0 bridgehead atoms.